The molecule has 1 aromatic carbocycles. The molecule has 1 saturated heterocycles. The Morgan fingerprint density at radius 3 is 2.43 bits per heavy atom. The molecule has 1 aliphatic heterocycles. The van der Waals surface area contributed by atoms with Crippen molar-refractivity contribution in [3.8, 4) is 11.1 Å². The van der Waals surface area contributed by atoms with Crippen LogP contribution in [-0.4, -0.2) is 60.0 Å². The van der Waals surface area contributed by atoms with Crippen LogP contribution in [0.25, 0.3) is 22.2 Å². The first-order chi connectivity index (χ1) is 20.0. The minimum atomic E-state index is -2.92. The molecule has 1 N–H and O–H groups in total. The van der Waals surface area contributed by atoms with Gasteiger partial charge in [-0.15, -0.1) is 0 Å². The minimum absolute atomic E-state index is 0.0961. The van der Waals surface area contributed by atoms with Crippen LogP contribution in [0.2, 0.25) is 0 Å². The highest BCUT2D eigenvalue weighted by atomic mass is 19.3. The number of hydrogen-bond donors (Lipinski definition) is 1. The molecule has 9 nitrogen and oxygen atoms in total. The van der Waals surface area contributed by atoms with E-state index in [0.29, 0.717) is 23.0 Å². The van der Waals surface area contributed by atoms with Gasteiger partial charge in [0.15, 0.2) is 5.82 Å². The van der Waals surface area contributed by atoms with Crippen LogP contribution in [0.3, 0.4) is 0 Å². The normalized spacial score (nSPS) is 20.8. The number of pyridine rings is 1. The number of amides is 2. The van der Waals surface area contributed by atoms with Crippen LogP contribution in [0.4, 0.5) is 13.2 Å². The van der Waals surface area contributed by atoms with E-state index in [1.807, 2.05) is 0 Å². The number of nitrogens with zero attached hydrogens (tertiary/aromatic N) is 6. The van der Waals surface area contributed by atoms with Crippen molar-refractivity contribution in [1.82, 2.24) is 34.5 Å². The van der Waals surface area contributed by atoms with Crippen LogP contribution in [-0.2, 0) is 14.1 Å². The van der Waals surface area contributed by atoms with E-state index in [-0.39, 0.29) is 34.0 Å². The summed E-state index contributed by atoms with van der Waals surface area (Å²) in [6, 6.07) is 5.78. The van der Waals surface area contributed by atoms with Crippen molar-refractivity contribution in [2.45, 2.75) is 44.6 Å². The fraction of sp³-hybridized carbons (Fsp3) is 0.433. The molecular weight excluding hydrogens is 547 g/mol. The summed E-state index contributed by atoms with van der Waals surface area (Å²) in [5, 5.41) is 7.26. The van der Waals surface area contributed by atoms with E-state index in [0.717, 1.165) is 30.6 Å². The number of likely N-dealkylation sites (tertiary alicyclic amines) is 1. The summed E-state index contributed by atoms with van der Waals surface area (Å²) in [6.45, 7) is 0.870. The zero-order valence-corrected chi connectivity index (χ0v) is 23.6. The van der Waals surface area contributed by atoms with Crippen LogP contribution >= 0.6 is 0 Å². The maximum Gasteiger partial charge on any atom is 0.282 e. The van der Waals surface area contributed by atoms with Crippen molar-refractivity contribution >= 4 is 22.8 Å². The fourth-order valence-electron chi connectivity index (χ4n) is 6.21. The third kappa shape index (κ3) is 4.92. The lowest BCUT2D eigenvalue weighted by atomic mass is 9.79. The Kier molecular flexibility index (Phi) is 7.02. The highest BCUT2D eigenvalue weighted by molar-refractivity contribution is 6.02. The number of rotatable bonds is 6. The number of carbonyl (C=O) groups is 2. The third-order valence-corrected chi connectivity index (χ3v) is 8.63. The third-order valence-electron chi connectivity index (χ3n) is 8.63. The first-order valence-electron chi connectivity index (χ1n) is 14.1. The van der Waals surface area contributed by atoms with Gasteiger partial charge in [0.05, 0.1) is 30.2 Å². The van der Waals surface area contributed by atoms with Gasteiger partial charge in [0.1, 0.15) is 17.0 Å². The lowest BCUT2D eigenvalue weighted by Gasteiger charge is -2.38. The summed E-state index contributed by atoms with van der Waals surface area (Å²) >= 11 is 0. The number of fused-ring (bicyclic) bond motifs is 1. The molecule has 2 fully saturated rings. The standard InChI is InChI=1S/C30H32F3N7O2/c1-17-4-6-18(7-5-17)25(37-28(41)23-11-13-35-39(23)3)27-36-22-9-8-19(24(31)26(22)38(27)2)21-14-34-12-10-20(21)29(42)40-15-30(32,33)16-40/h8-14,17-18,25H,4-7,15-16H2,1-3H3,(H,37,41)/t17?,18?,25-/m0/s1. The number of nitrogens with one attached hydrogen (secondary N) is 1. The summed E-state index contributed by atoms with van der Waals surface area (Å²) in [6.07, 6.45) is 8.14. The molecule has 42 heavy (non-hydrogen) atoms. The predicted molar refractivity (Wildman–Crippen MR) is 149 cm³/mol. The molecule has 6 rings (SSSR count). The molecule has 0 spiro atoms. The van der Waals surface area contributed by atoms with E-state index in [1.165, 1.54) is 29.2 Å². The molecule has 4 heterocycles. The van der Waals surface area contributed by atoms with Gasteiger partial charge < -0.3 is 14.8 Å². The van der Waals surface area contributed by atoms with Gasteiger partial charge in [0.25, 0.3) is 17.7 Å². The van der Waals surface area contributed by atoms with E-state index in [9.17, 15) is 18.4 Å². The fourth-order valence-corrected chi connectivity index (χ4v) is 6.21. The number of aromatic nitrogens is 5. The quantitative estimate of drug-likeness (QED) is 0.351. The first kappa shape index (κ1) is 27.9. The second-order valence-corrected chi connectivity index (χ2v) is 11.6. The second kappa shape index (κ2) is 10.6. The number of benzene rings is 1. The molecular formula is C30H32F3N7O2. The molecule has 220 valence electrons. The Hall–Kier alpha value is -4.22. The number of hydrogen-bond acceptors (Lipinski definition) is 5. The monoisotopic (exact) mass is 579 g/mol. The van der Waals surface area contributed by atoms with Crippen molar-refractivity contribution in [2.75, 3.05) is 13.1 Å². The first-order valence-corrected chi connectivity index (χ1v) is 14.1. The zero-order valence-electron chi connectivity index (χ0n) is 23.6. The van der Waals surface area contributed by atoms with Gasteiger partial charge in [-0.2, -0.15) is 5.10 Å². The number of alkyl halides is 2. The molecule has 1 saturated carbocycles. The topological polar surface area (TPSA) is 97.9 Å². The molecule has 2 aliphatic rings. The van der Waals surface area contributed by atoms with E-state index in [1.54, 1.807) is 37.0 Å². The van der Waals surface area contributed by atoms with Crippen molar-refractivity contribution < 1.29 is 22.8 Å². The Labute approximate surface area is 240 Å². The number of imidazole rings is 1. The van der Waals surface area contributed by atoms with Crippen molar-refractivity contribution in [3.63, 3.8) is 0 Å². The summed E-state index contributed by atoms with van der Waals surface area (Å²) in [5.41, 5.74) is 1.44. The van der Waals surface area contributed by atoms with E-state index in [4.69, 9.17) is 4.98 Å². The molecule has 0 bridgehead atoms. The van der Waals surface area contributed by atoms with Gasteiger partial charge in [-0.25, -0.2) is 18.2 Å². The maximum absolute atomic E-state index is 16.4. The summed E-state index contributed by atoms with van der Waals surface area (Å²) < 4.78 is 46.4. The van der Waals surface area contributed by atoms with Gasteiger partial charge in [0.2, 0.25) is 0 Å². The largest absolute Gasteiger partial charge is 0.340 e. The van der Waals surface area contributed by atoms with E-state index < -0.39 is 36.8 Å². The van der Waals surface area contributed by atoms with Crippen LogP contribution in [0.15, 0.2) is 42.9 Å². The van der Waals surface area contributed by atoms with E-state index >= 15 is 4.39 Å². The van der Waals surface area contributed by atoms with Crippen LogP contribution in [0.5, 0.6) is 0 Å². The summed E-state index contributed by atoms with van der Waals surface area (Å²) in [5.74, 6) is -3.20. The zero-order chi connectivity index (χ0) is 29.8. The van der Waals surface area contributed by atoms with Crippen molar-refractivity contribution in [1.29, 1.82) is 0 Å². The molecule has 12 heteroatoms. The van der Waals surface area contributed by atoms with Crippen LogP contribution < -0.4 is 5.32 Å². The van der Waals surface area contributed by atoms with Crippen molar-refractivity contribution in [2.24, 2.45) is 25.9 Å². The van der Waals surface area contributed by atoms with Gasteiger partial charge in [-0.3, -0.25) is 19.3 Å². The van der Waals surface area contributed by atoms with Gasteiger partial charge in [-0.1, -0.05) is 19.8 Å². The number of aryl methyl sites for hydroxylation is 2. The van der Waals surface area contributed by atoms with Crippen LogP contribution in [0, 0.1) is 17.7 Å². The Bertz CT molecular complexity index is 1660. The maximum atomic E-state index is 16.4. The smallest absolute Gasteiger partial charge is 0.282 e. The SMILES string of the molecule is CC1CCC([C@H](NC(=O)c2ccnn2C)c2nc3ccc(-c4cnccc4C(=O)N4CC(F)(F)C4)c(F)c3n2C)CC1. The predicted octanol–water partition coefficient (Wildman–Crippen LogP) is 4.90. The number of carbonyl (C=O) groups excluding carboxylic acids is 2. The molecule has 4 aromatic rings. The molecule has 1 atom stereocenters. The van der Waals surface area contributed by atoms with Gasteiger partial charge >= 0.3 is 0 Å². The lowest BCUT2D eigenvalue weighted by molar-refractivity contribution is -0.113. The van der Waals surface area contributed by atoms with Crippen molar-refractivity contribution in [3.05, 3.63) is 65.8 Å². The second-order valence-electron chi connectivity index (χ2n) is 11.6. The van der Waals surface area contributed by atoms with Crippen LogP contribution in [0.1, 0.15) is 65.3 Å². The Balaban J connectivity index is 1.39. The minimum Gasteiger partial charge on any atom is -0.340 e. The molecule has 0 unspecified atom stereocenters. The average Bonchev–Trinajstić information content (AvgIpc) is 3.53. The molecule has 1 aliphatic carbocycles. The average molecular weight is 580 g/mol. The summed E-state index contributed by atoms with van der Waals surface area (Å²) in [7, 11) is 3.41. The highest BCUT2D eigenvalue weighted by Crippen LogP contribution is 2.39. The lowest BCUT2D eigenvalue weighted by Crippen LogP contribution is -2.58. The molecule has 3 aromatic heterocycles. The van der Waals surface area contributed by atoms with E-state index in [2.05, 4.69) is 22.3 Å². The van der Waals surface area contributed by atoms with Gasteiger partial charge in [-0.05, 0) is 48.9 Å². The highest BCUT2D eigenvalue weighted by Gasteiger charge is 2.46. The molecule has 0 radical (unpaired) electrons. The van der Waals surface area contributed by atoms with Gasteiger partial charge in [0, 0.05) is 43.8 Å². The summed E-state index contributed by atoms with van der Waals surface area (Å²) in [4.78, 5) is 36.3. The number of halogens is 3. The molecule has 2 amide bonds. The Morgan fingerprint density at radius 1 is 1.02 bits per heavy atom. The Morgan fingerprint density at radius 2 is 1.76 bits per heavy atom.